The zero-order valence-electron chi connectivity index (χ0n) is 10.8. The predicted molar refractivity (Wildman–Crippen MR) is 82.7 cm³/mol. The molecule has 1 aromatic carbocycles. The Hall–Kier alpha value is -1.47. The minimum absolute atomic E-state index is 0.0413. The summed E-state index contributed by atoms with van der Waals surface area (Å²) in [6.07, 6.45) is 0. The van der Waals surface area contributed by atoms with Gasteiger partial charge >= 0.3 is 5.97 Å². The lowest BCUT2D eigenvalue weighted by molar-refractivity contribution is -0.133. The molecule has 1 aromatic heterocycles. The smallest absolute Gasteiger partial charge is 0.313 e. The van der Waals surface area contributed by atoms with Crippen molar-refractivity contribution in [3.05, 3.63) is 29.3 Å². The lowest BCUT2D eigenvalue weighted by Crippen LogP contribution is -2.03. The van der Waals surface area contributed by atoms with Crippen molar-refractivity contribution in [1.82, 2.24) is 9.55 Å². The number of carboxylic acid groups (broad SMARTS) is 1. The fourth-order valence-electron chi connectivity index (χ4n) is 1.83. The maximum absolute atomic E-state index is 10.7. The number of halogens is 1. The SMILES string of the molecule is C=C(Br)Cn1c(SCC(=O)O)nc2c(OC)cccc21. The number of imidazole rings is 1. The first-order valence-electron chi connectivity index (χ1n) is 5.74. The van der Waals surface area contributed by atoms with E-state index >= 15 is 0 Å². The molecule has 0 saturated heterocycles. The number of thioether (sulfide) groups is 1. The molecule has 0 radical (unpaired) electrons. The number of rotatable bonds is 6. The molecular weight excluding hydrogens is 344 g/mol. The Morgan fingerprint density at radius 1 is 1.60 bits per heavy atom. The lowest BCUT2D eigenvalue weighted by atomic mass is 10.3. The van der Waals surface area contributed by atoms with Crippen molar-refractivity contribution in [2.75, 3.05) is 12.9 Å². The molecule has 5 nitrogen and oxygen atoms in total. The van der Waals surface area contributed by atoms with Gasteiger partial charge in [0, 0.05) is 4.48 Å². The Bertz CT molecular complexity index is 669. The molecule has 1 heterocycles. The van der Waals surface area contributed by atoms with Crippen LogP contribution in [0.1, 0.15) is 0 Å². The van der Waals surface area contributed by atoms with Gasteiger partial charge in [-0.05, 0) is 12.1 Å². The molecule has 20 heavy (non-hydrogen) atoms. The number of allylic oxidation sites excluding steroid dienone is 1. The number of benzene rings is 1. The number of carbonyl (C=O) groups is 1. The second kappa shape index (κ2) is 6.32. The number of aliphatic carboxylic acids is 1. The van der Waals surface area contributed by atoms with E-state index in [2.05, 4.69) is 27.5 Å². The summed E-state index contributed by atoms with van der Waals surface area (Å²) in [6, 6.07) is 5.63. The van der Waals surface area contributed by atoms with Gasteiger partial charge in [-0.2, -0.15) is 0 Å². The normalized spacial score (nSPS) is 10.7. The summed E-state index contributed by atoms with van der Waals surface area (Å²) in [5.74, 6) is -0.253. The highest BCUT2D eigenvalue weighted by Crippen LogP contribution is 2.30. The van der Waals surface area contributed by atoms with Crippen LogP contribution in [-0.2, 0) is 11.3 Å². The number of hydrogen-bond acceptors (Lipinski definition) is 4. The van der Waals surface area contributed by atoms with Crippen molar-refractivity contribution >= 4 is 44.7 Å². The lowest BCUT2D eigenvalue weighted by Gasteiger charge is -2.07. The van der Waals surface area contributed by atoms with Crippen molar-refractivity contribution in [1.29, 1.82) is 0 Å². The van der Waals surface area contributed by atoms with Gasteiger partial charge < -0.3 is 14.4 Å². The van der Waals surface area contributed by atoms with Crippen LogP contribution in [0.4, 0.5) is 0 Å². The highest BCUT2D eigenvalue weighted by atomic mass is 79.9. The van der Waals surface area contributed by atoms with Gasteiger partial charge in [0.05, 0.1) is 24.9 Å². The average molecular weight is 357 g/mol. The molecule has 0 unspecified atom stereocenters. The third-order valence-corrected chi connectivity index (χ3v) is 3.79. The molecule has 106 valence electrons. The van der Waals surface area contributed by atoms with Gasteiger partial charge in [-0.15, -0.1) is 0 Å². The van der Waals surface area contributed by atoms with Crippen LogP contribution < -0.4 is 4.74 Å². The van der Waals surface area contributed by atoms with E-state index in [1.54, 1.807) is 7.11 Å². The molecular formula is C13H13BrN2O3S. The molecule has 0 aliphatic heterocycles. The van der Waals surface area contributed by atoms with Gasteiger partial charge in [-0.1, -0.05) is 40.3 Å². The molecule has 2 aromatic rings. The van der Waals surface area contributed by atoms with Crippen molar-refractivity contribution in [3.8, 4) is 5.75 Å². The van der Waals surface area contributed by atoms with Gasteiger partial charge in [0.25, 0.3) is 0 Å². The standard InChI is InChI=1S/C13H13BrN2O3S/c1-8(14)6-16-9-4-3-5-10(19-2)12(9)15-13(16)20-7-11(17)18/h3-5H,1,6-7H2,2H3,(H,17,18). The maximum Gasteiger partial charge on any atom is 0.313 e. The molecule has 0 atom stereocenters. The van der Waals surface area contributed by atoms with Crippen molar-refractivity contribution in [2.24, 2.45) is 0 Å². The maximum atomic E-state index is 10.7. The van der Waals surface area contributed by atoms with E-state index in [-0.39, 0.29) is 5.75 Å². The zero-order valence-corrected chi connectivity index (χ0v) is 13.2. The second-order valence-corrected chi connectivity index (χ2v) is 6.07. The third-order valence-electron chi connectivity index (χ3n) is 2.58. The van der Waals surface area contributed by atoms with Crippen molar-refractivity contribution < 1.29 is 14.6 Å². The van der Waals surface area contributed by atoms with Crippen LogP contribution in [0.25, 0.3) is 11.0 Å². The van der Waals surface area contributed by atoms with Gasteiger partial charge in [0.15, 0.2) is 5.16 Å². The molecule has 2 rings (SSSR count). The molecule has 0 aliphatic carbocycles. The second-order valence-electron chi connectivity index (χ2n) is 4.01. The molecule has 7 heteroatoms. The zero-order chi connectivity index (χ0) is 14.7. The molecule has 1 N–H and O–H groups in total. The van der Waals surface area contributed by atoms with Crippen LogP contribution in [0.5, 0.6) is 5.75 Å². The molecule has 0 amide bonds. The molecule has 0 spiro atoms. The van der Waals surface area contributed by atoms with E-state index < -0.39 is 5.97 Å². The summed E-state index contributed by atoms with van der Waals surface area (Å²) in [5.41, 5.74) is 1.61. The van der Waals surface area contributed by atoms with Gasteiger partial charge in [-0.25, -0.2) is 4.98 Å². The Balaban J connectivity index is 2.53. The fraction of sp³-hybridized carbons (Fsp3) is 0.231. The van der Waals surface area contributed by atoms with Crippen LogP contribution in [0.3, 0.4) is 0 Å². The Kier molecular flexibility index (Phi) is 4.72. The van der Waals surface area contributed by atoms with Crippen molar-refractivity contribution in [2.45, 2.75) is 11.7 Å². The first-order chi connectivity index (χ1) is 9.52. The van der Waals surface area contributed by atoms with Gasteiger partial charge in [0.1, 0.15) is 11.3 Å². The Morgan fingerprint density at radius 3 is 2.95 bits per heavy atom. The summed E-state index contributed by atoms with van der Waals surface area (Å²) in [5, 5.41) is 9.45. The number of aromatic nitrogens is 2. The van der Waals surface area contributed by atoms with Gasteiger partial charge in [-0.3, -0.25) is 4.79 Å². The number of ether oxygens (including phenoxy) is 1. The van der Waals surface area contributed by atoms with Crippen LogP contribution in [0.15, 0.2) is 34.4 Å². The molecule has 0 saturated carbocycles. The minimum atomic E-state index is -0.877. The quantitative estimate of drug-likeness (QED) is 0.805. The summed E-state index contributed by atoms with van der Waals surface area (Å²) in [6.45, 7) is 4.35. The fourth-order valence-corrected chi connectivity index (χ4v) is 2.80. The molecule has 0 fully saturated rings. The Labute approximate surface area is 128 Å². The number of nitrogens with zero attached hydrogens (tertiary/aromatic N) is 2. The van der Waals surface area contributed by atoms with E-state index in [0.29, 0.717) is 17.5 Å². The number of para-hydroxylation sites is 1. The highest BCUT2D eigenvalue weighted by Gasteiger charge is 2.15. The van der Waals surface area contributed by atoms with E-state index in [0.717, 1.165) is 15.5 Å². The number of carboxylic acids is 1. The summed E-state index contributed by atoms with van der Waals surface area (Å²) >= 11 is 4.51. The van der Waals surface area contributed by atoms with Crippen LogP contribution in [-0.4, -0.2) is 33.5 Å². The summed E-state index contributed by atoms with van der Waals surface area (Å²) in [7, 11) is 1.58. The van der Waals surface area contributed by atoms with Crippen LogP contribution >= 0.6 is 27.7 Å². The number of fused-ring (bicyclic) bond motifs is 1. The Morgan fingerprint density at radius 2 is 2.35 bits per heavy atom. The van der Waals surface area contributed by atoms with Crippen LogP contribution in [0.2, 0.25) is 0 Å². The monoisotopic (exact) mass is 356 g/mol. The highest BCUT2D eigenvalue weighted by molar-refractivity contribution is 9.11. The number of hydrogen-bond donors (Lipinski definition) is 1. The topological polar surface area (TPSA) is 64.4 Å². The largest absolute Gasteiger partial charge is 0.494 e. The minimum Gasteiger partial charge on any atom is -0.494 e. The van der Waals surface area contributed by atoms with Gasteiger partial charge in [0.2, 0.25) is 0 Å². The third kappa shape index (κ3) is 3.16. The van der Waals surface area contributed by atoms with Crippen LogP contribution in [0, 0.1) is 0 Å². The molecule has 0 bridgehead atoms. The first kappa shape index (κ1) is 14.9. The molecule has 0 aliphatic rings. The summed E-state index contributed by atoms with van der Waals surface area (Å²) in [4.78, 5) is 15.2. The average Bonchev–Trinajstić information content (AvgIpc) is 2.74. The summed E-state index contributed by atoms with van der Waals surface area (Å²) < 4.78 is 8.00. The van der Waals surface area contributed by atoms with E-state index in [9.17, 15) is 4.79 Å². The number of methoxy groups -OCH3 is 1. The van der Waals surface area contributed by atoms with E-state index in [1.165, 1.54) is 11.8 Å². The first-order valence-corrected chi connectivity index (χ1v) is 7.52. The van der Waals surface area contributed by atoms with Crippen molar-refractivity contribution in [3.63, 3.8) is 0 Å². The predicted octanol–water partition coefficient (Wildman–Crippen LogP) is 3.13. The van der Waals surface area contributed by atoms with E-state index in [1.807, 2.05) is 22.8 Å². The van der Waals surface area contributed by atoms with E-state index in [4.69, 9.17) is 9.84 Å².